The fourth-order valence-electron chi connectivity index (χ4n) is 3.67. The van der Waals surface area contributed by atoms with Crippen molar-refractivity contribution in [2.24, 2.45) is 10.9 Å². The molecule has 0 aliphatic heterocycles. The number of hydrogen-bond acceptors (Lipinski definition) is 7. The van der Waals surface area contributed by atoms with Gasteiger partial charge in [0.25, 0.3) is 0 Å². The molecule has 4 aromatic rings. The summed E-state index contributed by atoms with van der Waals surface area (Å²) in [7, 11) is 0. The maximum Gasteiger partial charge on any atom is 0.146 e. The Labute approximate surface area is 202 Å². The van der Waals surface area contributed by atoms with Crippen LogP contribution in [0.25, 0.3) is 11.1 Å². The SMILES string of the molecule is NCc1cc(N)c(OCc2cccc(-c3ccccc3)c2F)cc1OCc1ccc(N=O)c(N)c1. The Kier molecular flexibility index (Phi) is 7.23. The van der Waals surface area contributed by atoms with Crippen LogP contribution in [-0.4, -0.2) is 0 Å². The van der Waals surface area contributed by atoms with Gasteiger partial charge in [-0.2, -0.15) is 0 Å². The Morgan fingerprint density at radius 3 is 2.26 bits per heavy atom. The van der Waals surface area contributed by atoms with Crippen LogP contribution in [0, 0.1) is 10.7 Å². The minimum atomic E-state index is -0.349. The van der Waals surface area contributed by atoms with Crippen LogP contribution in [0.3, 0.4) is 0 Å². The fraction of sp³-hybridized carbons (Fsp3) is 0.111. The zero-order valence-corrected chi connectivity index (χ0v) is 18.9. The molecule has 0 atom stereocenters. The van der Waals surface area contributed by atoms with E-state index in [1.807, 2.05) is 30.3 Å². The molecule has 0 aromatic heterocycles. The number of nitrogen functional groups attached to an aromatic ring is 2. The molecule has 0 amide bonds. The predicted octanol–water partition coefficient (Wildman–Crippen LogP) is 5.67. The molecule has 178 valence electrons. The predicted molar refractivity (Wildman–Crippen MR) is 136 cm³/mol. The number of benzene rings is 4. The van der Waals surface area contributed by atoms with Gasteiger partial charge in [-0.25, -0.2) is 4.39 Å². The number of ether oxygens (including phenoxy) is 2. The molecule has 0 radical (unpaired) electrons. The summed E-state index contributed by atoms with van der Waals surface area (Å²) >= 11 is 0. The van der Waals surface area contributed by atoms with Crippen molar-refractivity contribution in [3.63, 3.8) is 0 Å². The number of nitrogens with two attached hydrogens (primary N) is 3. The van der Waals surface area contributed by atoms with Gasteiger partial charge < -0.3 is 26.7 Å². The first-order valence-electron chi connectivity index (χ1n) is 10.9. The summed E-state index contributed by atoms with van der Waals surface area (Å²) in [5.74, 6) is 0.478. The van der Waals surface area contributed by atoms with Crippen LogP contribution in [-0.2, 0) is 19.8 Å². The molecule has 0 aliphatic carbocycles. The molecule has 0 saturated heterocycles. The van der Waals surface area contributed by atoms with E-state index in [-0.39, 0.29) is 37.0 Å². The average molecular weight is 473 g/mol. The van der Waals surface area contributed by atoms with Crippen molar-refractivity contribution in [3.05, 3.63) is 106 Å². The van der Waals surface area contributed by atoms with Crippen molar-refractivity contribution in [3.8, 4) is 22.6 Å². The Morgan fingerprint density at radius 1 is 0.771 bits per heavy atom. The van der Waals surface area contributed by atoms with Gasteiger partial charge in [0.15, 0.2) is 0 Å². The fourth-order valence-corrected chi connectivity index (χ4v) is 3.67. The molecule has 35 heavy (non-hydrogen) atoms. The molecular weight excluding hydrogens is 447 g/mol. The molecule has 0 heterocycles. The van der Waals surface area contributed by atoms with Gasteiger partial charge in [0, 0.05) is 29.3 Å². The summed E-state index contributed by atoms with van der Waals surface area (Å²) in [6, 6.07) is 22.7. The van der Waals surface area contributed by atoms with E-state index >= 15 is 4.39 Å². The Bertz CT molecular complexity index is 1350. The Morgan fingerprint density at radius 2 is 1.54 bits per heavy atom. The summed E-state index contributed by atoms with van der Waals surface area (Å²) in [5.41, 5.74) is 21.8. The molecule has 0 saturated carbocycles. The number of anilines is 2. The number of nitroso groups, excluding NO2 is 1. The average Bonchev–Trinajstić information content (AvgIpc) is 2.88. The Hall–Kier alpha value is -4.43. The lowest BCUT2D eigenvalue weighted by molar-refractivity contribution is 0.286. The van der Waals surface area contributed by atoms with E-state index in [0.717, 1.165) is 11.1 Å². The lowest BCUT2D eigenvalue weighted by atomic mass is 10.0. The van der Waals surface area contributed by atoms with Crippen molar-refractivity contribution in [2.75, 3.05) is 11.5 Å². The van der Waals surface area contributed by atoms with Gasteiger partial charge in [-0.15, -0.1) is 4.91 Å². The van der Waals surface area contributed by atoms with Crippen molar-refractivity contribution >= 4 is 17.1 Å². The standard InChI is InChI=1S/C27H25FN4O3/c28-27-19(7-4-8-21(27)18-5-2-1-3-6-18)16-35-26-13-25(20(14-29)12-23(26)31)34-15-17-9-10-24(32-33)22(30)11-17/h1-13H,14-16,29-31H2. The second kappa shape index (κ2) is 10.7. The maximum absolute atomic E-state index is 15.2. The van der Waals surface area contributed by atoms with Gasteiger partial charge in [-0.3, -0.25) is 0 Å². The van der Waals surface area contributed by atoms with Crippen LogP contribution >= 0.6 is 0 Å². The van der Waals surface area contributed by atoms with Crippen LogP contribution in [0.2, 0.25) is 0 Å². The third-order valence-electron chi connectivity index (χ3n) is 5.54. The summed E-state index contributed by atoms with van der Waals surface area (Å²) in [4.78, 5) is 10.7. The molecule has 0 bridgehead atoms. The summed E-state index contributed by atoms with van der Waals surface area (Å²) in [5, 5.41) is 2.86. The first kappa shape index (κ1) is 23.7. The molecule has 0 aliphatic rings. The van der Waals surface area contributed by atoms with E-state index in [2.05, 4.69) is 5.18 Å². The smallest absolute Gasteiger partial charge is 0.146 e. The number of rotatable bonds is 9. The number of nitrogens with zero attached hydrogens (tertiary/aromatic N) is 1. The minimum Gasteiger partial charge on any atom is -0.488 e. The van der Waals surface area contributed by atoms with Crippen LogP contribution in [0.5, 0.6) is 11.5 Å². The Balaban J connectivity index is 1.52. The molecule has 0 unspecified atom stereocenters. The van der Waals surface area contributed by atoms with Crippen molar-refractivity contribution in [1.29, 1.82) is 0 Å². The molecule has 8 heteroatoms. The summed E-state index contributed by atoms with van der Waals surface area (Å²) < 4.78 is 27.0. The van der Waals surface area contributed by atoms with Crippen molar-refractivity contribution in [2.45, 2.75) is 19.8 Å². The molecule has 0 spiro atoms. The van der Waals surface area contributed by atoms with E-state index in [4.69, 9.17) is 26.7 Å². The third-order valence-corrected chi connectivity index (χ3v) is 5.54. The first-order valence-corrected chi connectivity index (χ1v) is 10.9. The molecular formula is C27H25FN4O3. The minimum absolute atomic E-state index is 0.0190. The highest BCUT2D eigenvalue weighted by Crippen LogP contribution is 2.33. The number of halogens is 1. The largest absolute Gasteiger partial charge is 0.488 e. The molecule has 7 nitrogen and oxygen atoms in total. The quantitative estimate of drug-likeness (QED) is 0.213. The maximum atomic E-state index is 15.2. The van der Waals surface area contributed by atoms with Gasteiger partial charge in [-0.1, -0.05) is 54.6 Å². The van der Waals surface area contributed by atoms with E-state index in [0.29, 0.717) is 33.9 Å². The second-order valence-electron chi connectivity index (χ2n) is 7.91. The molecule has 4 rings (SSSR count). The van der Waals surface area contributed by atoms with Crippen LogP contribution < -0.4 is 26.7 Å². The zero-order valence-electron chi connectivity index (χ0n) is 18.9. The van der Waals surface area contributed by atoms with Gasteiger partial charge in [0.05, 0.1) is 11.4 Å². The summed E-state index contributed by atoms with van der Waals surface area (Å²) in [6.07, 6.45) is 0. The summed E-state index contributed by atoms with van der Waals surface area (Å²) in [6.45, 7) is 0.353. The van der Waals surface area contributed by atoms with Gasteiger partial charge in [0.2, 0.25) is 0 Å². The lowest BCUT2D eigenvalue weighted by Crippen LogP contribution is -2.07. The topological polar surface area (TPSA) is 126 Å². The monoisotopic (exact) mass is 472 g/mol. The lowest BCUT2D eigenvalue weighted by Gasteiger charge is -2.16. The highest BCUT2D eigenvalue weighted by molar-refractivity contribution is 5.65. The van der Waals surface area contributed by atoms with E-state index in [1.54, 1.807) is 42.5 Å². The van der Waals surface area contributed by atoms with Gasteiger partial charge >= 0.3 is 0 Å². The van der Waals surface area contributed by atoms with Crippen LogP contribution in [0.15, 0.2) is 84.0 Å². The zero-order chi connectivity index (χ0) is 24.8. The van der Waals surface area contributed by atoms with E-state index in [9.17, 15) is 4.91 Å². The second-order valence-corrected chi connectivity index (χ2v) is 7.91. The van der Waals surface area contributed by atoms with Crippen molar-refractivity contribution < 1.29 is 13.9 Å². The molecule has 4 aromatic carbocycles. The van der Waals surface area contributed by atoms with Gasteiger partial charge in [-0.05, 0) is 34.5 Å². The van der Waals surface area contributed by atoms with E-state index in [1.165, 1.54) is 6.07 Å². The molecule has 0 fully saturated rings. The number of hydrogen-bond donors (Lipinski definition) is 3. The van der Waals surface area contributed by atoms with Crippen LogP contribution in [0.1, 0.15) is 16.7 Å². The van der Waals surface area contributed by atoms with Crippen molar-refractivity contribution in [1.82, 2.24) is 0 Å². The molecule has 6 N–H and O–H groups in total. The van der Waals surface area contributed by atoms with Crippen LogP contribution in [0.4, 0.5) is 21.5 Å². The normalized spacial score (nSPS) is 10.7. The third kappa shape index (κ3) is 5.39. The highest BCUT2D eigenvalue weighted by atomic mass is 19.1. The van der Waals surface area contributed by atoms with E-state index < -0.39 is 0 Å². The van der Waals surface area contributed by atoms with Gasteiger partial charge in [0.1, 0.15) is 36.2 Å². The first-order chi connectivity index (χ1) is 17.0. The highest BCUT2D eigenvalue weighted by Gasteiger charge is 2.14.